The van der Waals surface area contributed by atoms with Crippen molar-refractivity contribution in [2.45, 2.75) is 44.7 Å². The van der Waals surface area contributed by atoms with E-state index >= 15 is 0 Å². The molecule has 0 amide bonds. The Bertz CT molecular complexity index is 233. The SMILES string of the molecule is CC(C)(CNCC1CCCCN1)N1CCOCC1. The normalized spacial score (nSPS) is 27.3. The lowest BCUT2D eigenvalue weighted by molar-refractivity contribution is -0.00970. The quantitative estimate of drug-likeness (QED) is 0.763. The van der Waals surface area contributed by atoms with Crippen molar-refractivity contribution in [1.29, 1.82) is 0 Å². The Kier molecular flexibility index (Phi) is 5.42. The van der Waals surface area contributed by atoms with Crippen molar-refractivity contribution in [2.24, 2.45) is 0 Å². The van der Waals surface area contributed by atoms with Crippen LogP contribution < -0.4 is 10.6 Å². The molecular formula is C14H29N3O. The van der Waals surface area contributed by atoms with Gasteiger partial charge in [-0.25, -0.2) is 0 Å². The fraction of sp³-hybridized carbons (Fsp3) is 1.00. The molecule has 2 fully saturated rings. The van der Waals surface area contributed by atoms with Crippen LogP contribution in [0.5, 0.6) is 0 Å². The van der Waals surface area contributed by atoms with E-state index < -0.39 is 0 Å². The summed E-state index contributed by atoms with van der Waals surface area (Å²) in [6.07, 6.45) is 4.05. The monoisotopic (exact) mass is 255 g/mol. The first-order valence-corrected chi connectivity index (χ1v) is 7.45. The van der Waals surface area contributed by atoms with Gasteiger partial charge in [0.1, 0.15) is 0 Å². The molecular weight excluding hydrogens is 226 g/mol. The zero-order valence-corrected chi connectivity index (χ0v) is 12.0. The Labute approximate surface area is 111 Å². The summed E-state index contributed by atoms with van der Waals surface area (Å²) < 4.78 is 5.42. The number of ether oxygens (including phenoxy) is 1. The zero-order chi connectivity index (χ0) is 12.8. The van der Waals surface area contributed by atoms with Gasteiger partial charge in [0.15, 0.2) is 0 Å². The molecule has 4 nitrogen and oxygen atoms in total. The summed E-state index contributed by atoms with van der Waals surface area (Å²) in [5.74, 6) is 0. The molecule has 0 aliphatic carbocycles. The Morgan fingerprint density at radius 2 is 2.06 bits per heavy atom. The van der Waals surface area contributed by atoms with Crippen LogP contribution in [0.4, 0.5) is 0 Å². The van der Waals surface area contributed by atoms with E-state index in [1.807, 2.05) is 0 Å². The van der Waals surface area contributed by atoms with Gasteiger partial charge < -0.3 is 15.4 Å². The number of nitrogens with one attached hydrogen (secondary N) is 2. The van der Waals surface area contributed by atoms with Crippen LogP contribution in [0.15, 0.2) is 0 Å². The van der Waals surface area contributed by atoms with Gasteiger partial charge in [0, 0.05) is 37.8 Å². The fourth-order valence-electron chi connectivity index (χ4n) is 2.93. The topological polar surface area (TPSA) is 36.5 Å². The third kappa shape index (κ3) is 4.19. The largest absolute Gasteiger partial charge is 0.379 e. The summed E-state index contributed by atoms with van der Waals surface area (Å²) in [5.41, 5.74) is 0.235. The van der Waals surface area contributed by atoms with E-state index in [0.29, 0.717) is 6.04 Å². The molecule has 2 N–H and O–H groups in total. The first-order valence-electron chi connectivity index (χ1n) is 7.45. The molecule has 2 aliphatic rings. The van der Waals surface area contributed by atoms with Crippen LogP contribution in [0.25, 0.3) is 0 Å². The summed E-state index contributed by atoms with van der Waals surface area (Å²) in [7, 11) is 0. The van der Waals surface area contributed by atoms with E-state index in [9.17, 15) is 0 Å². The smallest absolute Gasteiger partial charge is 0.0594 e. The van der Waals surface area contributed by atoms with Gasteiger partial charge in [-0.1, -0.05) is 6.42 Å². The molecule has 2 heterocycles. The minimum absolute atomic E-state index is 0.235. The lowest BCUT2D eigenvalue weighted by Gasteiger charge is -2.41. The molecule has 4 heteroatoms. The molecule has 0 radical (unpaired) electrons. The van der Waals surface area contributed by atoms with Crippen molar-refractivity contribution in [1.82, 2.24) is 15.5 Å². The zero-order valence-electron chi connectivity index (χ0n) is 12.0. The number of hydrogen-bond acceptors (Lipinski definition) is 4. The van der Waals surface area contributed by atoms with E-state index in [4.69, 9.17) is 4.74 Å². The van der Waals surface area contributed by atoms with E-state index in [1.165, 1.54) is 25.8 Å². The van der Waals surface area contributed by atoms with Crippen LogP contribution in [0.2, 0.25) is 0 Å². The molecule has 0 saturated carbocycles. The van der Waals surface area contributed by atoms with Crippen molar-refractivity contribution < 1.29 is 4.74 Å². The third-order valence-corrected chi connectivity index (χ3v) is 4.23. The van der Waals surface area contributed by atoms with Crippen molar-refractivity contribution in [3.63, 3.8) is 0 Å². The van der Waals surface area contributed by atoms with E-state index in [0.717, 1.165) is 39.4 Å². The van der Waals surface area contributed by atoms with Crippen LogP contribution in [0, 0.1) is 0 Å². The van der Waals surface area contributed by atoms with Gasteiger partial charge in [-0.15, -0.1) is 0 Å². The maximum absolute atomic E-state index is 5.42. The average molecular weight is 255 g/mol. The van der Waals surface area contributed by atoms with Gasteiger partial charge in [0.25, 0.3) is 0 Å². The standard InChI is InChI=1S/C14H29N3O/c1-14(2,17-7-9-18-10-8-17)12-15-11-13-5-3-4-6-16-13/h13,15-16H,3-12H2,1-2H3. The number of nitrogens with zero attached hydrogens (tertiary/aromatic N) is 1. The molecule has 2 rings (SSSR count). The molecule has 106 valence electrons. The molecule has 0 aromatic heterocycles. The second kappa shape index (κ2) is 6.85. The third-order valence-electron chi connectivity index (χ3n) is 4.23. The molecule has 1 unspecified atom stereocenters. The molecule has 0 spiro atoms. The van der Waals surface area contributed by atoms with Crippen LogP contribution >= 0.6 is 0 Å². The lowest BCUT2D eigenvalue weighted by atomic mass is 10.0. The first-order chi connectivity index (χ1) is 8.68. The second-order valence-electron chi connectivity index (χ2n) is 6.19. The minimum Gasteiger partial charge on any atom is -0.379 e. The van der Waals surface area contributed by atoms with E-state index in [-0.39, 0.29) is 5.54 Å². The van der Waals surface area contributed by atoms with Gasteiger partial charge in [-0.3, -0.25) is 4.90 Å². The van der Waals surface area contributed by atoms with Gasteiger partial charge in [-0.05, 0) is 33.2 Å². The molecule has 1 atom stereocenters. The highest BCUT2D eigenvalue weighted by molar-refractivity contribution is 4.86. The predicted molar refractivity (Wildman–Crippen MR) is 75.0 cm³/mol. The molecule has 18 heavy (non-hydrogen) atoms. The Hall–Kier alpha value is -0.160. The average Bonchev–Trinajstić information content (AvgIpc) is 2.41. The maximum Gasteiger partial charge on any atom is 0.0594 e. The summed E-state index contributed by atoms with van der Waals surface area (Å²) in [6.45, 7) is 11.9. The number of rotatable bonds is 5. The van der Waals surface area contributed by atoms with Crippen molar-refractivity contribution >= 4 is 0 Å². The molecule has 2 saturated heterocycles. The van der Waals surface area contributed by atoms with Gasteiger partial charge in [0.2, 0.25) is 0 Å². The van der Waals surface area contributed by atoms with Crippen molar-refractivity contribution in [3.8, 4) is 0 Å². The highest BCUT2D eigenvalue weighted by atomic mass is 16.5. The maximum atomic E-state index is 5.42. The Balaban J connectivity index is 1.67. The molecule has 0 aromatic rings. The van der Waals surface area contributed by atoms with Crippen LogP contribution in [0.3, 0.4) is 0 Å². The molecule has 0 aromatic carbocycles. The number of morpholine rings is 1. The molecule has 0 bridgehead atoms. The van der Waals surface area contributed by atoms with E-state index in [2.05, 4.69) is 29.4 Å². The van der Waals surface area contributed by atoms with Crippen LogP contribution in [-0.2, 0) is 4.74 Å². The van der Waals surface area contributed by atoms with Gasteiger partial charge >= 0.3 is 0 Å². The summed E-state index contributed by atoms with van der Waals surface area (Å²) >= 11 is 0. The highest BCUT2D eigenvalue weighted by Gasteiger charge is 2.28. The van der Waals surface area contributed by atoms with Crippen LogP contribution in [0.1, 0.15) is 33.1 Å². The fourth-order valence-corrected chi connectivity index (χ4v) is 2.93. The molecule has 2 aliphatic heterocycles. The van der Waals surface area contributed by atoms with Crippen LogP contribution in [-0.4, -0.2) is 62.4 Å². The minimum atomic E-state index is 0.235. The Morgan fingerprint density at radius 1 is 1.28 bits per heavy atom. The first kappa shape index (κ1) is 14.3. The van der Waals surface area contributed by atoms with Crippen molar-refractivity contribution in [2.75, 3.05) is 45.9 Å². The lowest BCUT2D eigenvalue weighted by Crippen LogP contribution is -2.56. The summed E-state index contributed by atoms with van der Waals surface area (Å²) in [6, 6.07) is 0.680. The number of hydrogen-bond donors (Lipinski definition) is 2. The highest BCUT2D eigenvalue weighted by Crippen LogP contribution is 2.15. The van der Waals surface area contributed by atoms with Gasteiger partial charge in [-0.2, -0.15) is 0 Å². The second-order valence-corrected chi connectivity index (χ2v) is 6.19. The Morgan fingerprint density at radius 3 is 2.72 bits per heavy atom. The summed E-state index contributed by atoms with van der Waals surface area (Å²) in [5, 5.41) is 7.24. The van der Waals surface area contributed by atoms with Crippen molar-refractivity contribution in [3.05, 3.63) is 0 Å². The van der Waals surface area contributed by atoms with Gasteiger partial charge in [0.05, 0.1) is 13.2 Å². The predicted octanol–water partition coefficient (Wildman–Crippen LogP) is 0.829. The summed E-state index contributed by atoms with van der Waals surface area (Å²) in [4.78, 5) is 2.54. The van der Waals surface area contributed by atoms with E-state index in [1.54, 1.807) is 0 Å². The number of piperidine rings is 1.